The summed E-state index contributed by atoms with van der Waals surface area (Å²) in [5.41, 5.74) is 0. The van der Waals surface area contributed by atoms with E-state index >= 15 is 0 Å². The number of amides is 4. The van der Waals surface area contributed by atoms with Crippen molar-refractivity contribution in [2.24, 2.45) is 20.5 Å². The number of hydrogen-bond donors (Lipinski definition) is 0. The molecule has 0 unspecified atom stereocenters. The van der Waals surface area contributed by atoms with Crippen LogP contribution < -0.4 is 20.4 Å². The average Bonchev–Trinajstić information content (AvgIpc) is 2.36. The van der Waals surface area contributed by atoms with Gasteiger partial charge >= 0.3 is 73.3 Å². The number of nitrogens with zero attached hydrogens (tertiary/aromatic N) is 4. The van der Waals surface area contributed by atoms with Gasteiger partial charge in [0.15, 0.2) is 24.4 Å². The standard InChI is InChI=1S/2C2H2N2O4.2C2H5.2Pb/c2*5-1(6)3-4-2(7)8;2*1-2;;/h2*(H,5,6)(H,7,8);2*1H2,2H3;;/q;;;;2*+2/p-4. The molecule has 22 heavy (non-hydrogen) atoms. The summed E-state index contributed by atoms with van der Waals surface area (Å²) in [4.78, 5) is 37.0. The average molecular weight is 705 g/mol. The van der Waals surface area contributed by atoms with E-state index in [2.05, 4.69) is 34.3 Å². The summed E-state index contributed by atoms with van der Waals surface area (Å²) in [6.07, 6.45) is -7.63. The number of carbonyl (C=O) groups excluding carboxylic acids is 4. The van der Waals surface area contributed by atoms with Gasteiger partial charge in [-0.1, -0.05) is 0 Å². The first-order chi connectivity index (χ1) is 9.67. The minimum absolute atomic E-state index is 0. The van der Waals surface area contributed by atoms with E-state index in [1.54, 1.807) is 0 Å². The molecule has 0 aromatic heterocycles. The summed E-state index contributed by atoms with van der Waals surface area (Å²) in [5, 5.41) is 45.3. The van der Waals surface area contributed by atoms with Gasteiger partial charge < -0.3 is 39.6 Å². The quantitative estimate of drug-likeness (QED) is 0.220. The Bertz CT molecular complexity index is 334. The van der Waals surface area contributed by atoms with Crippen LogP contribution in [0.5, 0.6) is 0 Å². The molecule has 0 aromatic carbocycles. The fraction of sp³-hybridized carbons (Fsp3) is 0.500. The molecule has 0 fully saturated rings. The van der Waals surface area contributed by atoms with E-state index in [0.717, 1.165) is 0 Å². The second-order valence-corrected chi connectivity index (χ2v) is 9.86. The molecule has 0 heterocycles. The van der Waals surface area contributed by atoms with Gasteiger partial charge in [0.2, 0.25) is 0 Å². The molecule has 12 nitrogen and oxygen atoms in total. The van der Waals surface area contributed by atoms with Crippen LogP contribution in [0.15, 0.2) is 20.5 Å². The molecule has 0 N–H and O–H groups in total. The number of rotatable bonds is 2. The topological polar surface area (TPSA) is 210 Å². The maximum atomic E-state index is 9.24. The Labute approximate surface area is 157 Å². The Morgan fingerprint density at radius 3 is 0.909 bits per heavy atom. The van der Waals surface area contributed by atoms with Crippen molar-refractivity contribution in [3.8, 4) is 0 Å². The van der Waals surface area contributed by atoms with Gasteiger partial charge in [0, 0.05) is 0 Å². The SMILES string of the molecule is C[CH2][Pb+2][CH2]C.O=C([O-])N=NC(=O)[O-].O=C([O-])N=NC(=O)[O-].[Pb+2]. The molecular formula is C8H10N4O8Pb2. The smallest absolute Gasteiger partial charge is 0.527 e. The summed E-state index contributed by atoms with van der Waals surface area (Å²) in [6.45, 7) is 4.60. The first kappa shape index (κ1) is 29.0. The Balaban J connectivity index is -0.000000111. The van der Waals surface area contributed by atoms with E-state index in [1.807, 2.05) is 0 Å². The molecule has 0 aliphatic carbocycles. The van der Waals surface area contributed by atoms with Crippen LogP contribution in [0.3, 0.4) is 0 Å². The summed E-state index contributed by atoms with van der Waals surface area (Å²) in [6, 6.07) is 0. The minimum atomic E-state index is -1.91. The van der Waals surface area contributed by atoms with Crippen molar-refractivity contribution in [1.82, 2.24) is 0 Å². The van der Waals surface area contributed by atoms with E-state index < -0.39 is 24.4 Å². The number of carboxylic acid groups (broad SMARTS) is 4. The summed E-state index contributed by atoms with van der Waals surface area (Å²) < 4.78 is 3.08. The monoisotopic (exact) mass is 706 g/mol. The number of hydrogen-bond acceptors (Lipinski definition) is 8. The fourth-order valence-corrected chi connectivity index (χ4v) is 2.36. The van der Waals surface area contributed by atoms with Crippen molar-refractivity contribution in [1.29, 1.82) is 0 Å². The van der Waals surface area contributed by atoms with Crippen molar-refractivity contribution >= 4 is 75.9 Å². The Morgan fingerprint density at radius 2 is 0.864 bits per heavy atom. The third kappa shape index (κ3) is 50.9. The van der Waals surface area contributed by atoms with Crippen molar-refractivity contribution in [3.63, 3.8) is 0 Å². The van der Waals surface area contributed by atoms with Crippen LogP contribution in [0.4, 0.5) is 19.2 Å². The van der Waals surface area contributed by atoms with E-state index in [-0.39, 0.29) is 51.5 Å². The molecule has 0 rings (SSSR count). The maximum Gasteiger partial charge on any atom is 2.00 e. The zero-order chi connectivity index (χ0) is 17.3. The first-order valence-corrected chi connectivity index (χ1v) is 10.5. The Kier molecular flexibility index (Phi) is 29.3. The largest absolute Gasteiger partial charge is 2.00 e. The van der Waals surface area contributed by atoms with Gasteiger partial charge in [-0.25, -0.2) is 0 Å². The van der Waals surface area contributed by atoms with Crippen molar-refractivity contribution in [2.45, 2.75) is 21.8 Å². The molecule has 14 heteroatoms. The third-order valence-corrected chi connectivity index (χ3v) is 4.81. The first-order valence-electron chi connectivity index (χ1n) is 5.05. The van der Waals surface area contributed by atoms with E-state index in [0.29, 0.717) is 0 Å². The van der Waals surface area contributed by atoms with Crippen LogP contribution in [0.1, 0.15) is 13.8 Å². The van der Waals surface area contributed by atoms with Crippen molar-refractivity contribution in [2.75, 3.05) is 0 Å². The van der Waals surface area contributed by atoms with Gasteiger partial charge in [-0.3, -0.25) is 0 Å². The molecular weight excluding hydrogens is 695 g/mol. The minimum Gasteiger partial charge on any atom is -0.527 e. The molecule has 0 spiro atoms. The Hall–Kier alpha value is -1.08. The predicted molar refractivity (Wildman–Crippen MR) is 63.8 cm³/mol. The van der Waals surface area contributed by atoms with Crippen LogP contribution in [0.25, 0.3) is 0 Å². The summed E-state index contributed by atoms with van der Waals surface area (Å²) >= 11 is 0.0494. The van der Waals surface area contributed by atoms with E-state index in [4.69, 9.17) is 0 Å². The van der Waals surface area contributed by atoms with Gasteiger partial charge in [0.1, 0.15) is 0 Å². The van der Waals surface area contributed by atoms with Gasteiger partial charge in [-0.15, -0.1) is 20.5 Å². The molecule has 0 bridgehead atoms. The molecule has 0 saturated carbocycles. The molecule has 0 aromatic rings. The van der Waals surface area contributed by atoms with Crippen LogP contribution in [0, 0.1) is 0 Å². The van der Waals surface area contributed by atoms with Gasteiger partial charge in [-0.05, 0) is 0 Å². The van der Waals surface area contributed by atoms with Gasteiger partial charge in [0.05, 0.1) is 0 Å². The van der Waals surface area contributed by atoms with Crippen molar-refractivity contribution in [3.05, 3.63) is 0 Å². The van der Waals surface area contributed by atoms with Gasteiger partial charge in [0.25, 0.3) is 0 Å². The molecule has 2 radical (unpaired) electrons. The normalized spacial score (nSPS) is 8.45. The zero-order valence-electron chi connectivity index (χ0n) is 11.5. The Morgan fingerprint density at radius 1 is 0.682 bits per heavy atom. The number of carbonyl (C=O) groups is 4. The van der Waals surface area contributed by atoms with Crippen LogP contribution in [-0.2, 0) is 0 Å². The molecule has 0 saturated heterocycles. The third-order valence-electron chi connectivity index (χ3n) is 0.927. The molecule has 118 valence electrons. The predicted octanol–water partition coefficient (Wildman–Crippen LogP) is -2.56. The molecule has 0 atom stereocenters. The zero-order valence-corrected chi connectivity index (χ0v) is 19.2. The fourth-order valence-electron chi connectivity index (χ4n) is 0.413. The van der Waals surface area contributed by atoms with Crippen LogP contribution >= 0.6 is 0 Å². The molecule has 0 aliphatic rings. The van der Waals surface area contributed by atoms with E-state index in [9.17, 15) is 39.6 Å². The summed E-state index contributed by atoms with van der Waals surface area (Å²) in [7, 11) is 0. The molecule has 0 aliphatic heterocycles. The van der Waals surface area contributed by atoms with Crippen LogP contribution in [-0.4, -0.2) is 75.9 Å². The maximum absolute atomic E-state index is 9.24. The van der Waals surface area contributed by atoms with Crippen molar-refractivity contribution < 1.29 is 39.6 Å². The molecule has 4 amide bonds. The van der Waals surface area contributed by atoms with E-state index in [1.165, 1.54) is 7.96 Å². The van der Waals surface area contributed by atoms with Crippen LogP contribution in [0.2, 0.25) is 7.96 Å². The second kappa shape index (κ2) is 22.2. The van der Waals surface area contributed by atoms with Gasteiger partial charge in [-0.2, -0.15) is 0 Å². The number of azo groups is 2. The summed E-state index contributed by atoms with van der Waals surface area (Å²) in [5.74, 6) is 0. The second-order valence-electron chi connectivity index (χ2n) is 2.42.